The highest BCUT2D eigenvalue weighted by Crippen LogP contribution is 2.38. The van der Waals surface area contributed by atoms with Crippen molar-refractivity contribution in [3.63, 3.8) is 0 Å². The summed E-state index contributed by atoms with van der Waals surface area (Å²) < 4.78 is 10.4. The lowest BCUT2D eigenvalue weighted by Gasteiger charge is -2.38. The molecule has 1 saturated heterocycles. The maximum absolute atomic E-state index is 12.4. The van der Waals surface area contributed by atoms with Gasteiger partial charge in [-0.1, -0.05) is 6.07 Å². The summed E-state index contributed by atoms with van der Waals surface area (Å²) in [6, 6.07) is 8.58. The highest BCUT2D eigenvalue weighted by molar-refractivity contribution is 5.93. The number of carbonyl (C=O) groups excluding carboxylic acids is 1. The lowest BCUT2D eigenvalue weighted by atomic mass is 10.1. The Morgan fingerprint density at radius 3 is 2.75 bits per heavy atom. The van der Waals surface area contributed by atoms with Crippen LogP contribution in [-0.4, -0.2) is 49.0 Å². The van der Waals surface area contributed by atoms with Gasteiger partial charge in [0.2, 0.25) is 0 Å². The molecule has 2 heterocycles. The van der Waals surface area contributed by atoms with Gasteiger partial charge in [0, 0.05) is 32.2 Å². The largest absolute Gasteiger partial charge is 0.497 e. The fraction of sp³-hybridized carbons (Fsp3) is 0.421. The second-order valence-electron chi connectivity index (χ2n) is 6.46. The molecule has 0 saturated carbocycles. The zero-order valence-corrected chi connectivity index (χ0v) is 13.9. The lowest BCUT2D eigenvalue weighted by molar-refractivity contribution is 0.0567. The molecule has 1 unspecified atom stereocenters. The van der Waals surface area contributed by atoms with Gasteiger partial charge in [0.1, 0.15) is 12.0 Å². The summed E-state index contributed by atoms with van der Waals surface area (Å²) in [7, 11) is 1.71. The standard InChI is InChI=1S/C19H22N2O3/c1-23-16-4-2-14-3-5-18(17(14)12-16)20-7-9-21(10-8-20)19(22)15-6-11-24-13-15/h2,4,6,11-13,18H,3,5,7-10H2,1H3. The van der Waals surface area contributed by atoms with Gasteiger partial charge in [-0.3, -0.25) is 9.69 Å². The van der Waals surface area contributed by atoms with E-state index in [1.54, 1.807) is 19.4 Å². The van der Waals surface area contributed by atoms with Crippen molar-refractivity contribution in [1.29, 1.82) is 0 Å². The molecule has 1 amide bonds. The molecule has 1 fully saturated rings. The Balaban J connectivity index is 1.43. The number of aryl methyl sites for hydroxylation is 1. The van der Waals surface area contributed by atoms with Gasteiger partial charge in [0.25, 0.3) is 5.91 Å². The fourth-order valence-corrected chi connectivity index (χ4v) is 3.87. The average molecular weight is 326 g/mol. The van der Waals surface area contributed by atoms with Crippen molar-refractivity contribution in [3.05, 3.63) is 53.5 Å². The Bertz CT molecular complexity index is 718. The van der Waals surface area contributed by atoms with Gasteiger partial charge in [0.05, 0.1) is 18.9 Å². The Morgan fingerprint density at radius 2 is 2.04 bits per heavy atom. The number of furan rings is 1. The van der Waals surface area contributed by atoms with E-state index >= 15 is 0 Å². The SMILES string of the molecule is COc1ccc2c(c1)C(N1CCN(C(=O)c3ccoc3)CC1)CC2. The van der Waals surface area contributed by atoms with Gasteiger partial charge in [-0.05, 0) is 42.2 Å². The molecule has 5 heteroatoms. The molecule has 1 atom stereocenters. The van der Waals surface area contributed by atoms with Crippen LogP contribution in [0.25, 0.3) is 0 Å². The van der Waals surface area contributed by atoms with Crippen LogP contribution in [0.5, 0.6) is 5.75 Å². The maximum Gasteiger partial charge on any atom is 0.257 e. The van der Waals surface area contributed by atoms with E-state index in [1.165, 1.54) is 17.4 Å². The van der Waals surface area contributed by atoms with E-state index in [9.17, 15) is 4.79 Å². The Labute approximate surface area is 141 Å². The molecule has 0 N–H and O–H groups in total. The predicted molar refractivity (Wildman–Crippen MR) is 90.2 cm³/mol. The molecule has 24 heavy (non-hydrogen) atoms. The molecule has 0 radical (unpaired) electrons. The number of hydrogen-bond acceptors (Lipinski definition) is 4. The van der Waals surface area contributed by atoms with Crippen LogP contribution in [-0.2, 0) is 6.42 Å². The van der Waals surface area contributed by atoms with Crippen molar-refractivity contribution in [2.75, 3.05) is 33.3 Å². The summed E-state index contributed by atoms with van der Waals surface area (Å²) in [4.78, 5) is 16.8. The highest BCUT2D eigenvalue weighted by Gasteiger charge is 2.31. The molecule has 4 rings (SSSR count). The van der Waals surface area contributed by atoms with E-state index in [0.717, 1.165) is 44.8 Å². The number of piperazine rings is 1. The number of rotatable bonds is 3. The first-order valence-corrected chi connectivity index (χ1v) is 8.48. The van der Waals surface area contributed by atoms with Crippen molar-refractivity contribution >= 4 is 5.91 Å². The third kappa shape index (κ3) is 2.69. The Kier molecular flexibility index (Phi) is 4.02. The van der Waals surface area contributed by atoms with E-state index in [-0.39, 0.29) is 5.91 Å². The normalized spacial score (nSPS) is 20.9. The molecule has 126 valence electrons. The summed E-state index contributed by atoms with van der Waals surface area (Å²) in [5.74, 6) is 0.992. The van der Waals surface area contributed by atoms with Crippen molar-refractivity contribution in [2.45, 2.75) is 18.9 Å². The molecule has 1 aliphatic heterocycles. The summed E-state index contributed by atoms with van der Waals surface area (Å²) in [6.45, 7) is 3.34. The molecule has 2 aliphatic rings. The van der Waals surface area contributed by atoms with Crippen molar-refractivity contribution in [3.8, 4) is 5.75 Å². The molecule has 0 spiro atoms. The van der Waals surface area contributed by atoms with Gasteiger partial charge >= 0.3 is 0 Å². The number of ether oxygens (including phenoxy) is 1. The third-order valence-electron chi connectivity index (χ3n) is 5.21. The number of nitrogens with zero attached hydrogens (tertiary/aromatic N) is 2. The molecular weight excluding hydrogens is 304 g/mol. The van der Waals surface area contributed by atoms with E-state index in [0.29, 0.717) is 11.6 Å². The van der Waals surface area contributed by atoms with Gasteiger partial charge in [-0.25, -0.2) is 0 Å². The van der Waals surface area contributed by atoms with Gasteiger partial charge in [0.15, 0.2) is 0 Å². The van der Waals surface area contributed by atoms with Crippen LogP contribution in [0.4, 0.5) is 0 Å². The van der Waals surface area contributed by atoms with E-state index in [1.807, 2.05) is 11.0 Å². The number of fused-ring (bicyclic) bond motifs is 1. The van der Waals surface area contributed by atoms with Crippen LogP contribution >= 0.6 is 0 Å². The Morgan fingerprint density at radius 1 is 1.21 bits per heavy atom. The minimum atomic E-state index is 0.0666. The van der Waals surface area contributed by atoms with Crippen molar-refractivity contribution < 1.29 is 13.9 Å². The molecule has 1 aliphatic carbocycles. The van der Waals surface area contributed by atoms with Crippen LogP contribution in [0.3, 0.4) is 0 Å². The summed E-state index contributed by atoms with van der Waals surface area (Å²) in [5.41, 5.74) is 3.46. The number of hydrogen-bond donors (Lipinski definition) is 0. The average Bonchev–Trinajstić information content (AvgIpc) is 3.30. The summed E-state index contributed by atoms with van der Waals surface area (Å²) in [5, 5.41) is 0. The third-order valence-corrected chi connectivity index (χ3v) is 5.21. The van der Waals surface area contributed by atoms with Gasteiger partial charge in [-0.2, -0.15) is 0 Å². The monoisotopic (exact) mass is 326 g/mol. The second-order valence-corrected chi connectivity index (χ2v) is 6.46. The molecule has 1 aromatic heterocycles. The number of amides is 1. The van der Waals surface area contributed by atoms with Crippen LogP contribution in [0.2, 0.25) is 0 Å². The van der Waals surface area contributed by atoms with Gasteiger partial charge < -0.3 is 14.1 Å². The van der Waals surface area contributed by atoms with E-state index < -0.39 is 0 Å². The zero-order valence-electron chi connectivity index (χ0n) is 13.9. The molecule has 2 aromatic rings. The quantitative estimate of drug-likeness (QED) is 0.870. The smallest absolute Gasteiger partial charge is 0.257 e. The Hall–Kier alpha value is -2.27. The summed E-state index contributed by atoms with van der Waals surface area (Å²) in [6.07, 6.45) is 5.34. The van der Waals surface area contributed by atoms with Crippen LogP contribution < -0.4 is 4.74 Å². The first kappa shape index (κ1) is 15.3. The van der Waals surface area contributed by atoms with Crippen LogP contribution in [0, 0.1) is 0 Å². The number of methoxy groups -OCH3 is 1. The van der Waals surface area contributed by atoms with Crippen LogP contribution in [0.1, 0.15) is 33.9 Å². The minimum Gasteiger partial charge on any atom is -0.497 e. The minimum absolute atomic E-state index is 0.0666. The lowest BCUT2D eigenvalue weighted by Crippen LogP contribution is -2.49. The maximum atomic E-state index is 12.4. The predicted octanol–water partition coefficient (Wildman–Crippen LogP) is 2.73. The fourth-order valence-electron chi connectivity index (χ4n) is 3.87. The van der Waals surface area contributed by atoms with Gasteiger partial charge in [-0.15, -0.1) is 0 Å². The number of carbonyl (C=O) groups is 1. The zero-order chi connectivity index (χ0) is 16.5. The summed E-state index contributed by atoms with van der Waals surface area (Å²) >= 11 is 0. The van der Waals surface area contributed by atoms with Crippen molar-refractivity contribution in [1.82, 2.24) is 9.80 Å². The van der Waals surface area contributed by atoms with Crippen molar-refractivity contribution in [2.24, 2.45) is 0 Å². The first-order chi connectivity index (χ1) is 11.8. The van der Waals surface area contributed by atoms with Crippen LogP contribution in [0.15, 0.2) is 41.2 Å². The highest BCUT2D eigenvalue weighted by atomic mass is 16.5. The second kappa shape index (κ2) is 6.32. The topological polar surface area (TPSA) is 45.9 Å². The van der Waals surface area contributed by atoms with E-state index in [4.69, 9.17) is 9.15 Å². The number of benzene rings is 1. The molecule has 1 aromatic carbocycles. The van der Waals surface area contributed by atoms with E-state index in [2.05, 4.69) is 17.0 Å². The first-order valence-electron chi connectivity index (χ1n) is 8.48. The molecule has 0 bridgehead atoms. The molecular formula is C19H22N2O3. The molecule has 5 nitrogen and oxygen atoms in total.